The summed E-state index contributed by atoms with van der Waals surface area (Å²) in [5.41, 5.74) is -0.771. The highest BCUT2D eigenvalue weighted by Crippen LogP contribution is 2.16. The van der Waals surface area contributed by atoms with Crippen molar-refractivity contribution in [1.82, 2.24) is 5.32 Å². The maximum Gasteiger partial charge on any atom is 0.323 e. The molecule has 0 aliphatic rings. The summed E-state index contributed by atoms with van der Waals surface area (Å²) in [5.74, 6) is 1.34. The van der Waals surface area contributed by atoms with Gasteiger partial charge in [-0.15, -0.1) is 0 Å². The summed E-state index contributed by atoms with van der Waals surface area (Å²) < 4.78 is 4.97. The van der Waals surface area contributed by atoms with Gasteiger partial charge in [-0.1, -0.05) is 13.3 Å². The van der Waals surface area contributed by atoms with Gasteiger partial charge in [-0.2, -0.15) is 11.8 Å². The Labute approximate surface area is 115 Å². The topological polar surface area (TPSA) is 58.6 Å². The van der Waals surface area contributed by atoms with Crippen molar-refractivity contribution in [3.05, 3.63) is 0 Å². The summed E-state index contributed by atoms with van der Waals surface area (Å²) >= 11 is 1.86. The summed E-state index contributed by atoms with van der Waals surface area (Å²) in [6.07, 6.45) is 3.65. The van der Waals surface area contributed by atoms with Gasteiger partial charge in [0, 0.05) is 12.9 Å². The van der Waals surface area contributed by atoms with Crippen LogP contribution >= 0.6 is 11.8 Å². The first-order valence-corrected chi connectivity index (χ1v) is 7.77. The lowest BCUT2D eigenvalue weighted by Crippen LogP contribution is -2.49. The summed E-state index contributed by atoms with van der Waals surface area (Å²) in [7, 11) is 1.71. The summed E-state index contributed by atoms with van der Waals surface area (Å²) in [4.78, 5) is 11.2. The molecule has 0 bridgehead atoms. The van der Waals surface area contributed by atoms with Crippen LogP contribution in [0, 0.1) is 0 Å². The van der Waals surface area contributed by atoms with Crippen molar-refractivity contribution >= 4 is 17.7 Å². The van der Waals surface area contributed by atoms with Gasteiger partial charge in [0.15, 0.2) is 0 Å². The number of hydrogen-bond acceptors (Lipinski definition) is 4. The van der Waals surface area contributed by atoms with Gasteiger partial charge in [0.2, 0.25) is 0 Å². The maximum atomic E-state index is 11.2. The highest BCUT2D eigenvalue weighted by molar-refractivity contribution is 7.99. The number of ether oxygens (including phenoxy) is 1. The second-order valence-corrected chi connectivity index (χ2v) is 5.85. The molecule has 0 heterocycles. The Bertz CT molecular complexity index is 226. The molecule has 18 heavy (non-hydrogen) atoms. The average molecular weight is 277 g/mol. The minimum Gasteiger partial charge on any atom is -0.480 e. The Hall–Kier alpha value is -0.260. The lowest BCUT2D eigenvalue weighted by Gasteiger charge is -2.26. The third-order valence-electron chi connectivity index (χ3n) is 2.88. The number of aliphatic carboxylic acids is 1. The van der Waals surface area contributed by atoms with E-state index < -0.39 is 11.5 Å². The van der Waals surface area contributed by atoms with E-state index in [2.05, 4.69) is 5.32 Å². The summed E-state index contributed by atoms with van der Waals surface area (Å²) in [6.45, 7) is 5.37. The van der Waals surface area contributed by atoms with Crippen molar-refractivity contribution in [1.29, 1.82) is 0 Å². The normalized spacial score (nSPS) is 14.4. The average Bonchev–Trinajstić information content (AvgIpc) is 2.35. The van der Waals surface area contributed by atoms with Crippen molar-refractivity contribution in [3.63, 3.8) is 0 Å². The van der Waals surface area contributed by atoms with E-state index in [9.17, 15) is 9.90 Å². The molecule has 0 aromatic heterocycles. The molecule has 5 heteroatoms. The van der Waals surface area contributed by atoms with Crippen LogP contribution < -0.4 is 5.32 Å². The van der Waals surface area contributed by atoms with Gasteiger partial charge in [-0.25, -0.2) is 0 Å². The second kappa shape index (κ2) is 10.6. The van der Waals surface area contributed by atoms with E-state index in [1.165, 1.54) is 0 Å². The van der Waals surface area contributed by atoms with E-state index in [0.29, 0.717) is 6.42 Å². The van der Waals surface area contributed by atoms with Gasteiger partial charge < -0.3 is 15.2 Å². The van der Waals surface area contributed by atoms with Gasteiger partial charge in [-0.05, 0) is 38.5 Å². The monoisotopic (exact) mass is 277 g/mol. The number of unbranched alkanes of at least 4 members (excludes halogenated alkanes) is 1. The number of rotatable bonds is 12. The quantitative estimate of drug-likeness (QED) is 0.536. The van der Waals surface area contributed by atoms with E-state index in [1.807, 2.05) is 18.7 Å². The Balaban J connectivity index is 3.73. The Morgan fingerprint density at radius 3 is 2.67 bits per heavy atom. The summed E-state index contributed by atoms with van der Waals surface area (Å²) in [5, 5.41) is 12.4. The molecule has 4 nitrogen and oxygen atoms in total. The molecule has 0 aromatic carbocycles. The first-order valence-electron chi connectivity index (χ1n) is 6.62. The predicted molar refractivity (Wildman–Crippen MR) is 77.4 cm³/mol. The fourth-order valence-corrected chi connectivity index (χ4v) is 2.50. The molecule has 108 valence electrons. The predicted octanol–water partition coefficient (Wildman–Crippen LogP) is 2.38. The molecule has 1 unspecified atom stereocenters. The third-order valence-corrected chi connectivity index (χ3v) is 3.92. The van der Waals surface area contributed by atoms with Crippen molar-refractivity contribution in [2.75, 3.05) is 31.8 Å². The van der Waals surface area contributed by atoms with Crippen LogP contribution in [0.4, 0.5) is 0 Å². The van der Waals surface area contributed by atoms with Crippen LogP contribution in [0.25, 0.3) is 0 Å². The molecule has 0 saturated carbocycles. The lowest BCUT2D eigenvalue weighted by atomic mass is 9.95. The molecule has 0 saturated heterocycles. The largest absolute Gasteiger partial charge is 0.480 e. The van der Waals surface area contributed by atoms with Crippen LogP contribution in [-0.4, -0.2) is 48.4 Å². The SMILES string of the molecule is CCCNC(C)(CCCCSCCOC)C(=O)O. The van der Waals surface area contributed by atoms with Gasteiger partial charge in [0.1, 0.15) is 5.54 Å². The second-order valence-electron chi connectivity index (χ2n) is 4.63. The van der Waals surface area contributed by atoms with E-state index in [1.54, 1.807) is 14.0 Å². The number of hydrogen-bond donors (Lipinski definition) is 2. The lowest BCUT2D eigenvalue weighted by molar-refractivity contribution is -0.144. The highest BCUT2D eigenvalue weighted by atomic mass is 32.2. The molecule has 0 amide bonds. The van der Waals surface area contributed by atoms with Crippen LogP contribution in [0.3, 0.4) is 0 Å². The molecule has 0 aliphatic carbocycles. The van der Waals surface area contributed by atoms with Crippen molar-refractivity contribution < 1.29 is 14.6 Å². The minimum absolute atomic E-state index is 0.688. The number of thioether (sulfide) groups is 1. The standard InChI is InChI=1S/C13H27NO3S/c1-4-8-14-13(2,12(15)16)7-5-6-10-18-11-9-17-3/h14H,4-11H2,1-3H3,(H,15,16). The van der Waals surface area contributed by atoms with Gasteiger partial charge >= 0.3 is 5.97 Å². The zero-order valence-corrected chi connectivity index (χ0v) is 12.6. The Kier molecular flexibility index (Phi) is 10.5. The van der Waals surface area contributed by atoms with E-state index in [-0.39, 0.29) is 0 Å². The highest BCUT2D eigenvalue weighted by Gasteiger charge is 2.31. The fourth-order valence-electron chi connectivity index (χ4n) is 1.60. The van der Waals surface area contributed by atoms with Crippen LogP contribution in [0.1, 0.15) is 39.5 Å². The number of carbonyl (C=O) groups is 1. The molecule has 2 N–H and O–H groups in total. The number of carboxylic acids is 1. The molecule has 0 aliphatic heterocycles. The van der Waals surface area contributed by atoms with E-state index in [0.717, 1.165) is 43.9 Å². The fraction of sp³-hybridized carbons (Fsp3) is 0.923. The molecule has 0 radical (unpaired) electrons. The zero-order chi connectivity index (χ0) is 13.9. The molecule has 0 rings (SSSR count). The number of methoxy groups -OCH3 is 1. The smallest absolute Gasteiger partial charge is 0.323 e. The number of nitrogens with one attached hydrogen (secondary N) is 1. The van der Waals surface area contributed by atoms with Crippen LogP contribution in [0.2, 0.25) is 0 Å². The Morgan fingerprint density at radius 1 is 1.39 bits per heavy atom. The first-order chi connectivity index (χ1) is 8.56. The molecule has 0 fully saturated rings. The van der Waals surface area contributed by atoms with Crippen LogP contribution in [0.15, 0.2) is 0 Å². The van der Waals surface area contributed by atoms with Crippen molar-refractivity contribution in [2.24, 2.45) is 0 Å². The van der Waals surface area contributed by atoms with E-state index >= 15 is 0 Å². The molecule has 0 spiro atoms. The maximum absolute atomic E-state index is 11.2. The third kappa shape index (κ3) is 7.95. The van der Waals surface area contributed by atoms with Crippen molar-refractivity contribution in [2.45, 2.75) is 45.1 Å². The van der Waals surface area contributed by atoms with Gasteiger partial charge in [0.25, 0.3) is 0 Å². The first kappa shape index (κ1) is 17.7. The Morgan fingerprint density at radius 2 is 2.11 bits per heavy atom. The van der Waals surface area contributed by atoms with Crippen LogP contribution in [-0.2, 0) is 9.53 Å². The van der Waals surface area contributed by atoms with Crippen LogP contribution in [0.5, 0.6) is 0 Å². The van der Waals surface area contributed by atoms with E-state index in [4.69, 9.17) is 4.74 Å². The minimum atomic E-state index is -0.771. The van der Waals surface area contributed by atoms with Gasteiger partial charge in [-0.3, -0.25) is 4.79 Å². The molecule has 1 atom stereocenters. The summed E-state index contributed by atoms with van der Waals surface area (Å²) in [6, 6.07) is 0. The molecular formula is C13H27NO3S. The van der Waals surface area contributed by atoms with Crippen molar-refractivity contribution in [3.8, 4) is 0 Å². The molecule has 0 aromatic rings. The zero-order valence-electron chi connectivity index (χ0n) is 11.8. The number of carboxylic acid groups (broad SMARTS) is 1. The van der Waals surface area contributed by atoms with Gasteiger partial charge in [0.05, 0.1) is 6.61 Å². The molecular weight excluding hydrogens is 250 g/mol.